The monoisotopic (exact) mass is 248 g/mol. The van der Waals surface area contributed by atoms with Crippen LogP contribution in [0, 0.1) is 13.8 Å². The van der Waals surface area contributed by atoms with Crippen LogP contribution in [0.1, 0.15) is 56.9 Å². The number of fused-ring (bicyclic) bond motifs is 1. The molecule has 0 bridgehead atoms. The van der Waals surface area contributed by atoms with Gasteiger partial charge in [0.2, 0.25) is 0 Å². The molecule has 0 saturated heterocycles. The summed E-state index contributed by atoms with van der Waals surface area (Å²) < 4.78 is 6.09. The summed E-state index contributed by atoms with van der Waals surface area (Å²) in [4.78, 5) is 0. The van der Waals surface area contributed by atoms with Crippen molar-refractivity contribution < 1.29 is 9.84 Å². The molecule has 100 valence electrons. The van der Waals surface area contributed by atoms with Crippen LogP contribution in [0.2, 0.25) is 0 Å². The van der Waals surface area contributed by atoms with Crippen molar-refractivity contribution >= 4 is 0 Å². The van der Waals surface area contributed by atoms with E-state index in [0.29, 0.717) is 5.75 Å². The van der Waals surface area contributed by atoms with Crippen LogP contribution in [0.25, 0.3) is 0 Å². The Balaban J connectivity index is 2.78. The van der Waals surface area contributed by atoms with E-state index >= 15 is 0 Å². The molecule has 1 aliphatic rings. The molecule has 2 nitrogen and oxygen atoms in total. The minimum absolute atomic E-state index is 0.0730. The van der Waals surface area contributed by atoms with Crippen molar-refractivity contribution in [2.75, 3.05) is 0 Å². The van der Waals surface area contributed by atoms with Gasteiger partial charge in [0.15, 0.2) is 0 Å². The van der Waals surface area contributed by atoms with E-state index in [1.165, 1.54) is 5.56 Å². The van der Waals surface area contributed by atoms with Gasteiger partial charge in [-0.2, -0.15) is 0 Å². The maximum atomic E-state index is 10.5. The first-order chi connectivity index (χ1) is 8.04. The minimum Gasteiger partial charge on any atom is -0.507 e. The van der Waals surface area contributed by atoms with Gasteiger partial charge >= 0.3 is 0 Å². The molecule has 0 spiro atoms. The van der Waals surface area contributed by atoms with Crippen LogP contribution in [-0.2, 0) is 11.8 Å². The molecule has 0 unspecified atom stereocenters. The lowest BCUT2D eigenvalue weighted by atomic mass is 9.79. The van der Waals surface area contributed by atoms with Crippen molar-refractivity contribution in [2.45, 2.75) is 65.9 Å². The number of rotatable bonds is 0. The van der Waals surface area contributed by atoms with E-state index < -0.39 is 0 Å². The second-order valence-electron chi connectivity index (χ2n) is 7.07. The van der Waals surface area contributed by atoms with Crippen molar-refractivity contribution in [3.8, 4) is 11.5 Å². The highest BCUT2D eigenvalue weighted by Crippen LogP contribution is 2.48. The van der Waals surface area contributed by atoms with E-state index in [2.05, 4.69) is 34.6 Å². The van der Waals surface area contributed by atoms with Crippen LogP contribution in [0.3, 0.4) is 0 Å². The zero-order valence-electron chi connectivity index (χ0n) is 12.6. The molecule has 0 aromatic heterocycles. The first kappa shape index (κ1) is 13.3. The van der Waals surface area contributed by atoms with E-state index in [1.807, 2.05) is 13.8 Å². The largest absolute Gasteiger partial charge is 0.507 e. The Kier molecular flexibility index (Phi) is 2.69. The number of hydrogen-bond acceptors (Lipinski definition) is 2. The number of hydrogen-bond donors (Lipinski definition) is 1. The zero-order chi connectivity index (χ0) is 13.9. The summed E-state index contributed by atoms with van der Waals surface area (Å²) in [5.74, 6) is 1.43. The lowest BCUT2D eigenvalue weighted by Gasteiger charge is -2.25. The SMILES string of the molecule is Cc1c(C)c2c(c(C(C)(C)C)c1O)CC(C)(C)O2. The van der Waals surface area contributed by atoms with Gasteiger partial charge in [-0.1, -0.05) is 20.8 Å². The topological polar surface area (TPSA) is 29.5 Å². The van der Waals surface area contributed by atoms with Crippen LogP contribution >= 0.6 is 0 Å². The predicted molar refractivity (Wildman–Crippen MR) is 74.7 cm³/mol. The molecule has 0 atom stereocenters. The Morgan fingerprint density at radius 1 is 1.11 bits per heavy atom. The Hall–Kier alpha value is -1.18. The number of phenols is 1. The van der Waals surface area contributed by atoms with Crippen LogP contribution in [0.5, 0.6) is 11.5 Å². The van der Waals surface area contributed by atoms with Crippen LogP contribution in [0.15, 0.2) is 0 Å². The van der Waals surface area contributed by atoms with Gasteiger partial charge in [-0.3, -0.25) is 0 Å². The Morgan fingerprint density at radius 3 is 2.17 bits per heavy atom. The molecule has 1 heterocycles. The molecular formula is C16H24O2. The molecule has 1 aromatic carbocycles. The number of ether oxygens (including phenoxy) is 1. The van der Waals surface area contributed by atoms with Gasteiger partial charge in [-0.25, -0.2) is 0 Å². The van der Waals surface area contributed by atoms with E-state index in [9.17, 15) is 5.11 Å². The maximum Gasteiger partial charge on any atom is 0.127 e. The number of phenolic OH excluding ortho intramolecular Hbond substituents is 1. The highest BCUT2D eigenvalue weighted by atomic mass is 16.5. The molecule has 2 rings (SSSR count). The van der Waals surface area contributed by atoms with Gasteiger partial charge in [0.25, 0.3) is 0 Å². The van der Waals surface area contributed by atoms with Gasteiger partial charge in [-0.15, -0.1) is 0 Å². The minimum atomic E-state index is -0.173. The fourth-order valence-corrected chi connectivity index (χ4v) is 2.87. The highest BCUT2D eigenvalue weighted by molar-refractivity contribution is 5.62. The molecule has 1 N–H and O–H groups in total. The molecule has 0 amide bonds. The van der Waals surface area contributed by atoms with Crippen molar-refractivity contribution in [3.63, 3.8) is 0 Å². The fourth-order valence-electron chi connectivity index (χ4n) is 2.87. The maximum absolute atomic E-state index is 10.5. The summed E-state index contributed by atoms with van der Waals surface area (Å²) in [6.45, 7) is 14.6. The quantitative estimate of drug-likeness (QED) is 0.751. The van der Waals surface area contributed by atoms with Crippen molar-refractivity contribution in [1.82, 2.24) is 0 Å². The van der Waals surface area contributed by atoms with Gasteiger partial charge in [0.05, 0.1) is 0 Å². The third kappa shape index (κ3) is 1.88. The number of benzene rings is 1. The Morgan fingerprint density at radius 2 is 1.67 bits per heavy atom. The molecule has 18 heavy (non-hydrogen) atoms. The molecule has 0 aliphatic carbocycles. The fraction of sp³-hybridized carbons (Fsp3) is 0.625. The second kappa shape index (κ2) is 3.66. The summed E-state index contributed by atoms with van der Waals surface area (Å²) in [5.41, 5.74) is 4.00. The summed E-state index contributed by atoms with van der Waals surface area (Å²) in [6, 6.07) is 0. The first-order valence-corrected chi connectivity index (χ1v) is 6.59. The average molecular weight is 248 g/mol. The van der Waals surface area contributed by atoms with Crippen molar-refractivity contribution in [3.05, 3.63) is 22.3 Å². The Bertz CT molecular complexity index is 505. The molecule has 0 fully saturated rings. The predicted octanol–water partition coefficient (Wildman–Crippen LogP) is 4.02. The highest BCUT2D eigenvalue weighted by Gasteiger charge is 2.38. The van der Waals surface area contributed by atoms with E-state index in [1.54, 1.807) is 0 Å². The van der Waals surface area contributed by atoms with Crippen molar-refractivity contribution in [1.29, 1.82) is 0 Å². The van der Waals surface area contributed by atoms with Gasteiger partial charge in [0, 0.05) is 17.5 Å². The van der Waals surface area contributed by atoms with Crippen LogP contribution in [0.4, 0.5) is 0 Å². The third-order valence-corrected chi connectivity index (χ3v) is 3.80. The van der Waals surface area contributed by atoms with E-state index in [-0.39, 0.29) is 11.0 Å². The van der Waals surface area contributed by atoms with E-state index in [4.69, 9.17) is 4.74 Å². The van der Waals surface area contributed by atoms with Gasteiger partial charge < -0.3 is 9.84 Å². The lowest BCUT2D eigenvalue weighted by molar-refractivity contribution is 0.137. The average Bonchev–Trinajstić information content (AvgIpc) is 2.48. The summed E-state index contributed by atoms with van der Waals surface area (Å²) in [6.07, 6.45) is 0.865. The van der Waals surface area contributed by atoms with Crippen LogP contribution in [-0.4, -0.2) is 10.7 Å². The smallest absolute Gasteiger partial charge is 0.127 e. The number of aromatic hydroxyl groups is 1. The standard InChI is InChI=1S/C16H24O2/c1-9-10(2)14-11(8-16(6,7)18-14)12(13(9)17)15(3,4)5/h17H,8H2,1-7H3. The third-order valence-electron chi connectivity index (χ3n) is 3.80. The zero-order valence-corrected chi connectivity index (χ0v) is 12.6. The molecule has 1 aromatic rings. The molecule has 0 saturated carbocycles. The summed E-state index contributed by atoms with van der Waals surface area (Å²) >= 11 is 0. The summed E-state index contributed by atoms with van der Waals surface area (Å²) in [7, 11) is 0. The Labute approximate surface area is 110 Å². The normalized spacial score (nSPS) is 17.5. The molecule has 1 aliphatic heterocycles. The van der Waals surface area contributed by atoms with Crippen molar-refractivity contribution in [2.24, 2.45) is 0 Å². The van der Waals surface area contributed by atoms with Gasteiger partial charge in [0.1, 0.15) is 17.1 Å². The second-order valence-corrected chi connectivity index (χ2v) is 7.07. The first-order valence-electron chi connectivity index (χ1n) is 6.59. The molecule has 2 heteroatoms. The van der Waals surface area contributed by atoms with E-state index in [0.717, 1.165) is 28.9 Å². The van der Waals surface area contributed by atoms with Gasteiger partial charge in [-0.05, 0) is 44.2 Å². The summed E-state index contributed by atoms with van der Waals surface area (Å²) in [5, 5.41) is 10.5. The lowest BCUT2D eigenvalue weighted by Crippen LogP contribution is -2.25. The molecule has 0 radical (unpaired) electrons. The van der Waals surface area contributed by atoms with Crippen LogP contribution < -0.4 is 4.74 Å². The molecular weight excluding hydrogens is 224 g/mol.